The molecule has 0 fully saturated rings. The molecule has 0 aliphatic carbocycles. The summed E-state index contributed by atoms with van der Waals surface area (Å²) in [4.78, 5) is 24.7. The van der Waals surface area contributed by atoms with E-state index in [9.17, 15) is 9.59 Å². The lowest BCUT2D eigenvalue weighted by atomic mass is 9.92. The second-order valence-corrected chi connectivity index (χ2v) is 7.47. The van der Waals surface area contributed by atoms with Crippen LogP contribution in [0.5, 0.6) is 0 Å². The quantitative estimate of drug-likeness (QED) is 0.595. The van der Waals surface area contributed by atoms with Crippen molar-refractivity contribution in [2.45, 2.75) is 31.5 Å². The van der Waals surface area contributed by atoms with Gasteiger partial charge < -0.3 is 21.1 Å². The summed E-state index contributed by atoms with van der Waals surface area (Å²) >= 11 is 12.5. The predicted molar refractivity (Wildman–Crippen MR) is 117 cm³/mol. The molecule has 2 atom stereocenters. The number of methoxy groups -OCH3 is 1. The first-order chi connectivity index (χ1) is 13.4. The number of rotatable bonds is 5. The number of nitrogens with two attached hydrogens (primary N) is 1. The number of carbonyl (C=O) groups is 2. The highest BCUT2D eigenvalue weighted by atomic mass is 35.5. The number of nitrogens with one attached hydrogen (secondary N) is 2. The van der Waals surface area contributed by atoms with Crippen LogP contribution in [0, 0.1) is 0 Å². The SMILES string of the molecule is COC(=O)C1CC(NC(=O)Cc2cccc(CN)c2)c2c(Cl)cc(Cl)cc2N1.Cl. The number of anilines is 1. The molecule has 29 heavy (non-hydrogen) atoms. The van der Waals surface area contributed by atoms with Crippen molar-refractivity contribution >= 4 is 53.2 Å². The Bertz CT molecular complexity index is 908. The third-order valence-electron chi connectivity index (χ3n) is 4.66. The van der Waals surface area contributed by atoms with E-state index in [1.54, 1.807) is 12.1 Å². The number of esters is 1. The first-order valence-corrected chi connectivity index (χ1v) is 9.57. The highest BCUT2D eigenvalue weighted by molar-refractivity contribution is 6.35. The van der Waals surface area contributed by atoms with Crippen LogP contribution >= 0.6 is 35.6 Å². The van der Waals surface area contributed by atoms with Crippen LogP contribution in [0.25, 0.3) is 0 Å². The zero-order valence-electron chi connectivity index (χ0n) is 15.7. The molecule has 1 aliphatic rings. The third kappa shape index (κ3) is 5.54. The molecule has 156 valence electrons. The largest absolute Gasteiger partial charge is 0.467 e. The van der Waals surface area contributed by atoms with Gasteiger partial charge >= 0.3 is 5.97 Å². The van der Waals surface area contributed by atoms with E-state index in [-0.39, 0.29) is 24.7 Å². The summed E-state index contributed by atoms with van der Waals surface area (Å²) < 4.78 is 4.85. The lowest BCUT2D eigenvalue weighted by molar-refractivity contribution is -0.142. The van der Waals surface area contributed by atoms with Gasteiger partial charge in [0.05, 0.1) is 19.6 Å². The Morgan fingerprint density at radius 2 is 1.97 bits per heavy atom. The van der Waals surface area contributed by atoms with Gasteiger partial charge in [-0.15, -0.1) is 12.4 Å². The number of carbonyl (C=O) groups excluding carboxylic acids is 2. The van der Waals surface area contributed by atoms with E-state index in [1.807, 2.05) is 24.3 Å². The number of benzene rings is 2. The maximum Gasteiger partial charge on any atom is 0.328 e. The van der Waals surface area contributed by atoms with E-state index in [4.69, 9.17) is 33.7 Å². The summed E-state index contributed by atoms with van der Waals surface area (Å²) in [5.74, 6) is -0.599. The molecule has 0 bridgehead atoms. The summed E-state index contributed by atoms with van der Waals surface area (Å²) in [5, 5.41) is 6.93. The van der Waals surface area contributed by atoms with Crippen LogP contribution < -0.4 is 16.4 Å². The molecule has 0 spiro atoms. The fourth-order valence-electron chi connectivity index (χ4n) is 3.38. The van der Waals surface area contributed by atoms with Gasteiger partial charge in [0.25, 0.3) is 0 Å². The summed E-state index contributed by atoms with van der Waals surface area (Å²) in [6.07, 6.45) is 0.511. The Labute approximate surface area is 185 Å². The lowest BCUT2D eigenvalue weighted by Crippen LogP contribution is -2.42. The van der Waals surface area contributed by atoms with E-state index in [1.165, 1.54) is 7.11 Å². The van der Waals surface area contributed by atoms with E-state index in [2.05, 4.69) is 10.6 Å². The molecule has 0 saturated heterocycles. The normalized spacial score (nSPS) is 17.4. The Hall–Kier alpha value is -1.99. The minimum atomic E-state index is -0.613. The molecule has 1 heterocycles. The first-order valence-electron chi connectivity index (χ1n) is 8.81. The second kappa shape index (κ2) is 10.2. The van der Waals surface area contributed by atoms with E-state index < -0.39 is 18.1 Å². The number of halogens is 3. The van der Waals surface area contributed by atoms with Crippen molar-refractivity contribution < 1.29 is 14.3 Å². The molecule has 2 unspecified atom stereocenters. The Kier molecular flexibility index (Phi) is 8.16. The van der Waals surface area contributed by atoms with Gasteiger partial charge in [-0.3, -0.25) is 4.79 Å². The van der Waals surface area contributed by atoms with Crippen molar-refractivity contribution in [2.24, 2.45) is 5.73 Å². The van der Waals surface area contributed by atoms with Crippen molar-refractivity contribution in [1.29, 1.82) is 0 Å². The Balaban J connectivity index is 0.00000300. The molecule has 0 radical (unpaired) electrons. The van der Waals surface area contributed by atoms with Gasteiger partial charge in [-0.2, -0.15) is 0 Å². The molecule has 1 amide bonds. The smallest absolute Gasteiger partial charge is 0.328 e. The molecular formula is C20H22Cl3N3O3. The van der Waals surface area contributed by atoms with Gasteiger partial charge in [0.2, 0.25) is 5.91 Å². The molecule has 2 aromatic rings. The first kappa shape index (κ1) is 23.3. The maximum absolute atomic E-state index is 12.7. The van der Waals surface area contributed by atoms with Crippen molar-refractivity contribution in [2.75, 3.05) is 12.4 Å². The van der Waals surface area contributed by atoms with Gasteiger partial charge in [-0.25, -0.2) is 4.79 Å². The van der Waals surface area contributed by atoms with E-state index >= 15 is 0 Å². The van der Waals surface area contributed by atoms with Gasteiger partial charge in [-0.1, -0.05) is 47.5 Å². The van der Waals surface area contributed by atoms with Crippen molar-refractivity contribution in [1.82, 2.24) is 5.32 Å². The fraction of sp³-hybridized carbons (Fsp3) is 0.300. The molecule has 6 nitrogen and oxygen atoms in total. The summed E-state index contributed by atoms with van der Waals surface area (Å²) in [6, 6.07) is 9.80. The number of amides is 1. The van der Waals surface area contributed by atoms with Gasteiger partial charge in [0, 0.05) is 34.3 Å². The molecule has 3 rings (SSSR count). The maximum atomic E-state index is 12.7. The van der Waals surface area contributed by atoms with Crippen molar-refractivity contribution in [3.05, 3.63) is 63.1 Å². The average molecular weight is 459 g/mol. The summed E-state index contributed by atoms with van der Waals surface area (Å²) in [5.41, 5.74) is 8.79. The molecule has 9 heteroatoms. The highest BCUT2D eigenvalue weighted by Crippen LogP contribution is 2.40. The Morgan fingerprint density at radius 3 is 2.66 bits per heavy atom. The fourth-order valence-corrected chi connectivity index (χ4v) is 4.01. The van der Waals surface area contributed by atoms with Crippen LogP contribution in [-0.4, -0.2) is 25.0 Å². The highest BCUT2D eigenvalue weighted by Gasteiger charge is 2.34. The second-order valence-electron chi connectivity index (χ2n) is 6.63. The zero-order chi connectivity index (χ0) is 20.3. The lowest BCUT2D eigenvalue weighted by Gasteiger charge is -2.33. The van der Waals surface area contributed by atoms with Crippen LogP contribution in [0.4, 0.5) is 5.69 Å². The van der Waals surface area contributed by atoms with Crippen molar-refractivity contribution in [3.8, 4) is 0 Å². The number of hydrogen-bond donors (Lipinski definition) is 3. The molecule has 0 aromatic heterocycles. The van der Waals surface area contributed by atoms with Crippen LogP contribution in [0.2, 0.25) is 10.0 Å². The van der Waals surface area contributed by atoms with E-state index in [0.717, 1.165) is 11.1 Å². The minimum absolute atomic E-state index is 0. The zero-order valence-corrected chi connectivity index (χ0v) is 18.0. The number of ether oxygens (including phenoxy) is 1. The van der Waals surface area contributed by atoms with E-state index in [0.29, 0.717) is 34.3 Å². The predicted octanol–water partition coefficient (Wildman–Crippen LogP) is 3.63. The van der Waals surface area contributed by atoms with Crippen LogP contribution in [0.1, 0.15) is 29.2 Å². The molecule has 4 N–H and O–H groups in total. The van der Waals surface area contributed by atoms with Crippen LogP contribution in [0.3, 0.4) is 0 Å². The van der Waals surface area contributed by atoms with Crippen LogP contribution in [0.15, 0.2) is 36.4 Å². The standard InChI is InChI=1S/C20H21Cl2N3O3.ClH/c1-28-20(27)17-9-16(19-14(22)7-13(21)8-15(19)24-17)25-18(26)6-11-3-2-4-12(5-11)10-23;/h2-5,7-8,16-17,24H,6,9-10,23H2,1H3,(H,25,26);1H. The molecule has 2 aromatic carbocycles. The van der Waals surface area contributed by atoms with Gasteiger partial charge in [0.1, 0.15) is 6.04 Å². The molecule has 0 saturated carbocycles. The summed E-state index contributed by atoms with van der Waals surface area (Å²) in [6.45, 7) is 0.411. The monoisotopic (exact) mass is 457 g/mol. The van der Waals surface area contributed by atoms with Gasteiger partial charge in [-0.05, 0) is 23.3 Å². The molecular weight excluding hydrogens is 437 g/mol. The average Bonchev–Trinajstić information content (AvgIpc) is 2.66. The topological polar surface area (TPSA) is 93.5 Å². The Morgan fingerprint density at radius 1 is 1.24 bits per heavy atom. The molecule has 1 aliphatic heterocycles. The van der Waals surface area contributed by atoms with Gasteiger partial charge in [0.15, 0.2) is 0 Å². The third-order valence-corrected chi connectivity index (χ3v) is 5.19. The van der Waals surface area contributed by atoms with Crippen LogP contribution in [-0.2, 0) is 27.3 Å². The minimum Gasteiger partial charge on any atom is -0.467 e. The van der Waals surface area contributed by atoms with Crippen molar-refractivity contribution in [3.63, 3.8) is 0 Å². The number of hydrogen-bond acceptors (Lipinski definition) is 5. The number of fused-ring (bicyclic) bond motifs is 1. The summed E-state index contributed by atoms with van der Waals surface area (Å²) in [7, 11) is 1.32.